The zero-order valence-corrected chi connectivity index (χ0v) is 17.9. The van der Waals surface area contributed by atoms with Crippen molar-refractivity contribution in [2.24, 2.45) is 5.41 Å². The zero-order chi connectivity index (χ0) is 21.6. The summed E-state index contributed by atoms with van der Waals surface area (Å²) in [6.07, 6.45) is 3.88. The van der Waals surface area contributed by atoms with Crippen LogP contribution in [0, 0.1) is 5.41 Å². The van der Waals surface area contributed by atoms with Gasteiger partial charge >= 0.3 is 0 Å². The first-order valence-corrected chi connectivity index (χ1v) is 10.2. The van der Waals surface area contributed by atoms with Gasteiger partial charge in [-0.1, -0.05) is 26.0 Å². The molecule has 1 N–H and O–H groups in total. The fourth-order valence-corrected chi connectivity index (χ4v) is 3.75. The average Bonchev–Trinajstić information content (AvgIpc) is 2.73. The van der Waals surface area contributed by atoms with E-state index in [9.17, 15) is 9.59 Å². The maximum atomic E-state index is 12.9. The van der Waals surface area contributed by atoms with Gasteiger partial charge in [0.2, 0.25) is 11.8 Å². The van der Waals surface area contributed by atoms with Crippen molar-refractivity contribution in [1.82, 2.24) is 9.88 Å². The molecular weight excluding hydrogens is 380 g/mol. The van der Waals surface area contributed by atoms with Crippen molar-refractivity contribution >= 4 is 23.2 Å². The van der Waals surface area contributed by atoms with Crippen LogP contribution in [0.4, 0.5) is 11.4 Å². The van der Waals surface area contributed by atoms with Crippen LogP contribution >= 0.6 is 0 Å². The van der Waals surface area contributed by atoms with Gasteiger partial charge < -0.3 is 19.9 Å². The number of aromatic nitrogens is 1. The van der Waals surface area contributed by atoms with Gasteiger partial charge in [-0.3, -0.25) is 14.6 Å². The Morgan fingerprint density at radius 3 is 2.47 bits per heavy atom. The Morgan fingerprint density at radius 1 is 1.07 bits per heavy atom. The quantitative estimate of drug-likeness (QED) is 0.759. The Morgan fingerprint density at radius 2 is 1.80 bits per heavy atom. The molecule has 160 valence electrons. The predicted octanol–water partition coefficient (Wildman–Crippen LogP) is 3.18. The molecule has 0 radical (unpaired) electrons. The molecule has 0 atom stereocenters. The van der Waals surface area contributed by atoms with Gasteiger partial charge in [-0.15, -0.1) is 0 Å². The van der Waals surface area contributed by atoms with Gasteiger partial charge in [0.15, 0.2) is 0 Å². The summed E-state index contributed by atoms with van der Waals surface area (Å²) in [5.41, 5.74) is 1.29. The number of para-hydroxylation sites is 2. The van der Waals surface area contributed by atoms with Gasteiger partial charge in [-0.2, -0.15) is 0 Å². The highest BCUT2D eigenvalue weighted by atomic mass is 16.5. The van der Waals surface area contributed by atoms with E-state index in [4.69, 9.17) is 4.74 Å². The second-order valence-electron chi connectivity index (χ2n) is 8.35. The number of methoxy groups -OCH3 is 1. The van der Waals surface area contributed by atoms with Gasteiger partial charge in [-0.05, 0) is 29.7 Å². The van der Waals surface area contributed by atoms with E-state index in [1.54, 1.807) is 31.6 Å². The van der Waals surface area contributed by atoms with E-state index in [1.807, 2.05) is 43.0 Å². The first-order valence-electron chi connectivity index (χ1n) is 10.2. The zero-order valence-electron chi connectivity index (χ0n) is 17.9. The molecule has 1 fully saturated rings. The largest absolute Gasteiger partial charge is 0.495 e. The predicted molar refractivity (Wildman–Crippen MR) is 118 cm³/mol. The molecule has 2 amide bonds. The number of pyridine rings is 1. The summed E-state index contributed by atoms with van der Waals surface area (Å²) in [4.78, 5) is 33.4. The van der Waals surface area contributed by atoms with Gasteiger partial charge in [0.25, 0.3) is 0 Å². The Balaban J connectivity index is 1.50. The summed E-state index contributed by atoms with van der Waals surface area (Å²) in [5.74, 6) is 0.827. The van der Waals surface area contributed by atoms with E-state index in [2.05, 4.69) is 15.2 Å². The Hall–Kier alpha value is -3.09. The molecule has 30 heavy (non-hydrogen) atoms. The molecular formula is C23H30N4O3. The van der Waals surface area contributed by atoms with E-state index in [1.165, 1.54) is 0 Å². The molecule has 0 bridgehead atoms. The Bertz CT molecular complexity index is 862. The number of ether oxygens (including phenoxy) is 1. The number of anilines is 2. The average molecular weight is 411 g/mol. The van der Waals surface area contributed by atoms with Crippen molar-refractivity contribution in [2.75, 3.05) is 43.5 Å². The van der Waals surface area contributed by atoms with Crippen LogP contribution in [0.25, 0.3) is 0 Å². The number of carbonyl (C=O) groups excluding carboxylic acids is 2. The summed E-state index contributed by atoms with van der Waals surface area (Å²) in [7, 11) is 1.67. The lowest BCUT2D eigenvalue weighted by Gasteiger charge is -2.38. The standard InChI is InChI=1S/C23H30N4O3/c1-23(2,15-21(28)25-18-7-6-10-24-17-18)16-22(29)27-13-11-26(12-14-27)19-8-4-5-9-20(19)30-3/h4-10,17H,11-16H2,1-3H3,(H,25,28). The maximum Gasteiger partial charge on any atom is 0.224 e. The number of nitrogens with zero attached hydrogens (tertiary/aromatic N) is 3. The van der Waals surface area contributed by atoms with Crippen LogP contribution in [0.1, 0.15) is 26.7 Å². The lowest BCUT2D eigenvalue weighted by molar-refractivity contribution is -0.134. The van der Waals surface area contributed by atoms with E-state index in [0.29, 0.717) is 25.2 Å². The Kier molecular flexibility index (Phi) is 6.92. The smallest absolute Gasteiger partial charge is 0.224 e. The normalized spacial score (nSPS) is 14.4. The summed E-state index contributed by atoms with van der Waals surface area (Å²) < 4.78 is 5.45. The van der Waals surface area contributed by atoms with Crippen molar-refractivity contribution < 1.29 is 14.3 Å². The minimum atomic E-state index is -0.427. The number of piperazine rings is 1. The molecule has 0 saturated carbocycles. The highest BCUT2D eigenvalue weighted by Crippen LogP contribution is 2.30. The van der Waals surface area contributed by atoms with Crippen LogP contribution in [0.3, 0.4) is 0 Å². The molecule has 7 heteroatoms. The number of hydrogen-bond donors (Lipinski definition) is 1. The third kappa shape index (κ3) is 5.72. The van der Waals surface area contributed by atoms with Crippen LogP contribution in [0.2, 0.25) is 0 Å². The van der Waals surface area contributed by atoms with Crippen LogP contribution in [-0.2, 0) is 9.59 Å². The van der Waals surface area contributed by atoms with Crippen molar-refractivity contribution in [3.05, 3.63) is 48.8 Å². The first-order chi connectivity index (χ1) is 14.4. The topological polar surface area (TPSA) is 74.8 Å². The second kappa shape index (κ2) is 9.61. The molecule has 1 aliphatic heterocycles. The van der Waals surface area contributed by atoms with E-state index < -0.39 is 5.41 Å². The number of carbonyl (C=O) groups is 2. The first kappa shape index (κ1) is 21.6. The van der Waals surface area contributed by atoms with E-state index in [-0.39, 0.29) is 18.2 Å². The molecule has 0 aliphatic carbocycles. The van der Waals surface area contributed by atoms with Gasteiger partial charge in [0.1, 0.15) is 5.75 Å². The van der Waals surface area contributed by atoms with Gasteiger partial charge in [0.05, 0.1) is 24.7 Å². The lowest BCUT2D eigenvalue weighted by Crippen LogP contribution is -2.49. The fourth-order valence-electron chi connectivity index (χ4n) is 3.75. The highest BCUT2D eigenvalue weighted by molar-refractivity contribution is 5.91. The van der Waals surface area contributed by atoms with Crippen LogP contribution < -0.4 is 15.0 Å². The molecule has 7 nitrogen and oxygen atoms in total. The number of hydrogen-bond acceptors (Lipinski definition) is 5. The minimum Gasteiger partial charge on any atom is -0.495 e. The summed E-state index contributed by atoms with van der Waals surface area (Å²) in [6.45, 7) is 6.75. The SMILES string of the molecule is COc1ccccc1N1CCN(C(=O)CC(C)(C)CC(=O)Nc2cccnc2)CC1. The highest BCUT2D eigenvalue weighted by Gasteiger charge is 2.30. The number of nitrogens with one attached hydrogen (secondary N) is 1. The van der Waals surface area contributed by atoms with Crippen molar-refractivity contribution in [3.8, 4) is 5.75 Å². The number of rotatable bonds is 7. The molecule has 1 aromatic heterocycles. The van der Waals surface area contributed by atoms with Gasteiger partial charge in [-0.25, -0.2) is 0 Å². The summed E-state index contributed by atoms with van der Waals surface area (Å²) in [6, 6.07) is 11.5. The molecule has 1 aliphatic rings. The number of benzene rings is 1. The lowest BCUT2D eigenvalue weighted by atomic mass is 9.84. The molecule has 0 unspecified atom stereocenters. The third-order valence-corrected chi connectivity index (χ3v) is 5.27. The van der Waals surface area contributed by atoms with Crippen molar-refractivity contribution in [1.29, 1.82) is 0 Å². The molecule has 2 aromatic rings. The fraction of sp³-hybridized carbons (Fsp3) is 0.435. The van der Waals surface area contributed by atoms with Gasteiger partial charge in [0, 0.05) is 45.2 Å². The Labute approximate surface area is 178 Å². The van der Waals surface area contributed by atoms with E-state index in [0.717, 1.165) is 24.5 Å². The molecule has 3 rings (SSSR count). The molecule has 0 spiro atoms. The third-order valence-electron chi connectivity index (χ3n) is 5.27. The number of amides is 2. The molecule has 1 saturated heterocycles. The second-order valence-corrected chi connectivity index (χ2v) is 8.35. The van der Waals surface area contributed by atoms with Crippen LogP contribution in [0.5, 0.6) is 5.75 Å². The maximum absolute atomic E-state index is 12.9. The van der Waals surface area contributed by atoms with Crippen LogP contribution in [-0.4, -0.2) is 55.0 Å². The van der Waals surface area contributed by atoms with Crippen molar-refractivity contribution in [2.45, 2.75) is 26.7 Å². The minimum absolute atomic E-state index is 0.0915. The summed E-state index contributed by atoms with van der Waals surface area (Å²) in [5, 5.41) is 2.84. The van der Waals surface area contributed by atoms with E-state index >= 15 is 0 Å². The molecule has 2 heterocycles. The summed E-state index contributed by atoms with van der Waals surface area (Å²) >= 11 is 0. The van der Waals surface area contributed by atoms with Crippen molar-refractivity contribution in [3.63, 3.8) is 0 Å². The van der Waals surface area contributed by atoms with Crippen LogP contribution in [0.15, 0.2) is 48.8 Å². The molecule has 1 aromatic carbocycles. The monoisotopic (exact) mass is 410 g/mol.